The van der Waals surface area contributed by atoms with Crippen LogP contribution in [0, 0.1) is 0 Å². The summed E-state index contributed by atoms with van der Waals surface area (Å²) >= 11 is 0. The summed E-state index contributed by atoms with van der Waals surface area (Å²) in [6, 6.07) is 5.55. The Morgan fingerprint density at radius 1 is 1.21 bits per heavy atom. The van der Waals surface area contributed by atoms with Crippen LogP contribution in [0.3, 0.4) is 0 Å². The molecule has 19 heavy (non-hydrogen) atoms. The maximum Gasteiger partial charge on any atom is 0.161 e. The van der Waals surface area contributed by atoms with Crippen LogP contribution >= 0.6 is 0 Å². The van der Waals surface area contributed by atoms with E-state index in [1.165, 1.54) is 0 Å². The van der Waals surface area contributed by atoms with Gasteiger partial charge in [-0.25, -0.2) is 5.43 Å². The molecule has 0 fully saturated rings. The van der Waals surface area contributed by atoms with E-state index in [0.717, 1.165) is 11.1 Å². The van der Waals surface area contributed by atoms with Gasteiger partial charge in [0.1, 0.15) is 0 Å². The Morgan fingerprint density at radius 3 is 2.47 bits per heavy atom. The first-order chi connectivity index (χ1) is 9.19. The molecule has 1 aromatic carbocycles. The second-order valence-electron chi connectivity index (χ2n) is 4.16. The highest BCUT2D eigenvalue weighted by atomic mass is 16.5. The molecule has 3 N–H and O–H groups in total. The van der Waals surface area contributed by atoms with Crippen molar-refractivity contribution < 1.29 is 9.47 Å². The number of benzene rings is 1. The summed E-state index contributed by atoms with van der Waals surface area (Å²) in [5, 5.41) is 4.15. The Morgan fingerprint density at radius 2 is 1.95 bits per heavy atom. The van der Waals surface area contributed by atoms with E-state index in [9.17, 15) is 0 Å². The maximum atomic E-state index is 5.65. The van der Waals surface area contributed by atoms with Crippen LogP contribution in [-0.2, 0) is 7.05 Å². The summed E-state index contributed by atoms with van der Waals surface area (Å²) in [6.07, 6.45) is 3.70. The van der Waals surface area contributed by atoms with Gasteiger partial charge in [-0.3, -0.25) is 10.5 Å². The summed E-state index contributed by atoms with van der Waals surface area (Å²) in [7, 11) is 5.08. The van der Waals surface area contributed by atoms with Crippen molar-refractivity contribution >= 4 is 0 Å². The maximum absolute atomic E-state index is 5.65. The Labute approximate surface area is 112 Å². The van der Waals surface area contributed by atoms with E-state index in [1.54, 1.807) is 25.1 Å². The van der Waals surface area contributed by atoms with Crippen LogP contribution < -0.4 is 20.7 Å². The highest BCUT2D eigenvalue weighted by Crippen LogP contribution is 2.31. The van der Waals surface area contributed by atoms with Gasteiger partial charge in [0.25, 0.3) is 0 Å². The lowest BCUT2D eigenvalue weighted by Gasteiger charge is -2.16. The lowest BCUT2D eigenvalue weighted by atomic mass is 10.0. The van der Waals surface area contributed by atoms with Gasteiger partial charge >= 0.3 is 0 Å². The van der Waals surface area contributed by atoms with Gasteiger partial charge in [0.05, 0.1) is 26.5 Å². The summed E-state index contributed by atoms with van der Waals surface area (Å²) in [5.41, 5.74) is 4.75. The molecule has 1 unspecified atom stereocenters. The van der Waals surface area contributed by atoms with Crippen LogP contribution in [0.1, 0.15) is 17.2 Å². The molecule has 2 aromatic rings. The molecule has 2 rings (SSSR count). The van der Waals surface area contributed by atoms with E-state index in [1.807, 2.05) is 31.4 Å². The fourth-order valence-corrected chi connectivity index (χ4v) is 2.01. The molecule has 6 nitrogen and oxygen atoms in total. The highest BCUT2D eigenvalue weighted by Gasteiger charge is 2.16. The van der Waals surface area contributed by atoms with E-state index >= 15 is 0 Å². The molecule has 102 valence electrons. The topological polar surface area (TPSA) is 74.3 Å². The normalized spacial score (nSPS) is 12.2. The van der Waals surface area contributed by atoms with Gasteiger partial charge in [0, 0.05) is 18.8 Å². The summed E-state index contributed by atoms with van der Waals surface area (Å²) < 4.78 is 12.3. The molecule has 0 saturated heterocycles. The number of aromatic nitrogens is 2. The van der Waals surface area contributed by atoms with Crippen molar-refractivity contribution in [3.05, 3.63) is 41.7 Å². The van der Waals surface area contributed by atoms with E-state index in [-0.39, 0.29) is 6.04 Å². The third kappa shape index (κ3) is 2.69. The van der Waals surface area contributed by atoms with Crippen molar-refractivity contribution in [1.82, 2.24) is 15.2 Å². The predicted molar refractivity (Wildman–Crippen MR) is 71.9 cm³/mol. The second-order valence-corrected chi connectivity index (χ2v) is 4.16. The molecule has 0 saturated carbocycles. The minimum Gasteiger partial charge on any atom is -0.493 e. The zero-order valence-corrected chi connectivity index (χ0v) is 11.3. The quantitative estimate of drug-likeness (QED) is 0.621. The van der Waals surface area contributed by atoms with Crippen molar-refractivity contribution in [2.45, 2.75) is 6.04 Å². The van der Waals surface area contributed by atoms with Gasteiger partial charge in [-0.15, -0.1) is 0 Å². The van der Waals surface area contributed by atoms with Crippen LogP contribution in [0.25, 0.3) is 0 Å². The number of hydrogen-bond donors (Lipinski definition) is 2. The molecule has 0 aliphatic carbocycles. The lowest BCUT2D eigenvalue weighted by Crippen LogP contribution is -2.28. The Bertz CT molecular complexity index is 553. The van der Waals surface area contributed by atoms with Crippen molar-refractivity contribution in [2.24, 2.45) is 12.9 Å². The van der Waals surface area contributed by atoms with Gasteiger partial charge in [-0.05, 0) is 17.7 Å². The Balaban J connectivity index is 2.38. The minimum absolute atomic E-state index is 0.145. The lowest BCUT2D eigenvalue weighted by molar-refractivity contribution is 0.354. The molecule has 1 aromatic heterocycles. The van der Waals surface area contributed by atoms with E-state index in [0.29, 0.717) is 11.5 Å². The van der Waals surface area contributed by atoms with Crippen molar-refractivity contribution in [1.29, 1.82) is 0 Å². The van der Waals surface area contributed by atoms with Crippen molar-refractivity contribution in [2.75, 3.05) is 14.2 Å². The number of methoxy groups -OCH3 is 2. The average Bonchev–Trinajstić information content (AvgIpc) is 2.86. The predicted octanol–water partition coefficient (Wildman–Crippen LogP) is 0.990. The number of ether oxygens (including phenoxy) is 2. The SMILES string of the molecule is COc1ccc(C(NN)c2cnn(C)c2)cc1OC. The number of nitrogens with two attached hydrogens (primary N) is 1. The van der Waals surface area contributed by atoms with Crippen LogP contribution in [0.2, 0.25) is 0 Å². The Kier molecular flexibility index (Phi) is 4.03. The van der Waals surface area contributed by atoms with Gasteiger partial charge in [-0.1, -0.05) is 6.07 Å². The van der Waals surface area contributed by atoms with Crippen LogP contribution in [0.5, 0.6) is 11.5 Å². The molecule has 1 atom stereocenters. The monoisotopic (exact) mass is 262 g/mol. The van der Waals surface area contributed by atoms with Crippen molar-refractivity contribution in [3.8, 4) is 11.5 Å². The Hall–Kier alpha value is -2.05. The molecule has 0 aliphatic rings. The van der Waals surface area contributed by atoms with Gasteiger partial charge in [-0.2, -0.15) is 5.10 Å². The van der Waals surface area contributed by atoms with Crippen LogP contribution in [-0.4, -0.2) is 24.0 Å². The molecular weight excluding hydrogens is 244 g/mol. The second kappa shape index (κ2) is 5.73. The summed E-state index contributed by atoms with van der Waals surface area (Å²) in [5.74, 6) is 7.01. The molecule has 6 heteroatoms. The average molecular weight is 262 g/mol. The van der Waals surface area contributed by atoms with Crippen LogP contribution in [0.4, 0.5) is 0 Å². The molecule has 0 radical (unpaired) electrons. The number of hydrazine groups is 1. The molecule has 0 amide bonds. The fourth-order valence-electron chi connectivity index (χ4n) is 2.01. The standard InChI is InChI=1S/C13H18N4O2/c1-17-8-10(7-15-17)13(16-14)9-4-5-11(18-2)12(6-9)19-3/h4-8,13,16H,14H2,1-3H3. The van der Waals surface area contributed by atoms with E-state index < -0.39 is 0 Å². The number of nitrogens with zero attached hydrogens (tertiary/aromatic N) is 2. The largest absolute Gasteiger partial charge is 0.493 e. The van der Waals surface area contributed by atoms with Crippen LogP contribution in [0.15, 0.2) is 30.6 Å². The molecule has 0 bridgehead atoms. The zero-order valence-electron chi connectivity index (χ0n) is 11.3. The van der Waals surface area contributed by atoms with E-state index in [2.05, 4.69) is 10.5 Å². The third-order valence-electron chi connectivity index (χ3n) is 2.97. The van der Waals surface area contributed by atoms with Gasteiger partial charge in [0.15, 0.2) is 11.5 Å². The summed E-state index contributed by atoms with van der Waals surface area (Å²) in [4.78, 5) is 0. The van der Waals surface area contributed by atoms with Gasteiger partial charge < -0.3 is 9.47 Å². The molecule has 0 aliphatic heterocycles. The molecule has 0 spiro atoms. The number of hydrogen-bond acceptors (Lipinski definition) is 5. The smallest absolute Gasteiger partial charge is 0.161 e. The first kappa shape index (κ1) is 13.4. The number of nitrogens with one attached hydrogen (secondary N) is 1. The molecular formula is C13H18N4O2. The van der Waals surface area contributed by atoms with Crippen molar-refractivity contribution in [3.63, 3.8) is 0 Å². The zero-order chi connectivity index (χ0) is 13.8. The summed E-state index contributed by atoms with van der Waals surface area (Å²) in [6.45, 7) is 0. The first-order valence-electron chi connectivity index (χ1n) is 5.86. The molecule has 1 heterocycles. The number of rotatable bonds is 5. The third-order valence-corrected chi connectivity index (χ3v) is 2.97. The fraction of sp³-hybridized carbons (Fsp3) is 0.308. The van der Waals surface area contributed by atoms with Gasteiger partial charge in [0.2, 0.25) is 0 Å². The highest BCUT2D eigenvalue weighted by molar-refractivity contribution is 5.45. The number of aryl methyl sites for hydroxylation is 1. The van der Waals surface area contributed by atoms with E-state index in [4.69, 9.17) is 15.3 Å². The minimum atomic E-state index is -0.145. The first-order valence-corrected chi connectivity index (χ1v) is 5.86.